The minimum Gasteiger partial charge on any atom is -0.311 e. The Kier molecular flexibility index (Phi) is 3.04. The van der Waals surface area contributed by atoms with Crippen LogP contribution >= 0.6 is 0 Å². The van der Waals surface area contributed by atoms with Gasteiger partial charge in [0.2, 0.25) is 0 Å². The van der Waals surface area contributed by atoms with Crippen molar-refractivity contribution in [2.24, 2.45) is 0 Å². The summed E-state index contributed by atoms with van der Waals surface area (Å²) in [6.45, 7) is -2.76. The van der Waals surface area contributed by atoms with Crippen LogP contribution in [-0.2, 0) is 9.84 Å². The predicted octanol–water partition coefficient (Wildman–Crippen LogP) is 1.64. The summed E-state index contributed by atoms with van der Waals surface area (Å²) in [4.78, 5) is 0. The van der Waals surface area contributed by atoms with Gasteiger partial charge in [0.1, 0.15) is 0 Å². The fourth-order valence-corrected chi connectivity index (χ4v) is 0.234. The molecule has 0 rings (SSSR count). The molecule has 0 spiro atoms. The van der Waals surface area contributed by atoms with E-state index in [0.29, 0.717) is 6.92 Å². The van der Waals surface area contributed by atoms with E-state index in [1.54, 1.807) is 0 Å². The number of ether oxygens (including phenoxy) is 1. The molecule has 0 amide bonds. The SMILES string of the molecule is CC(OC(F)F)C([O])(F)F. The lowest BCUT2D eigenvalue weighted by atomic mass is 10.4. The summed E-state index contributed by atoms with van der Waals surface area (Å²) in [7, 11) is 0. The summed E-state index contributed by atoms with van der Waals surface area (Å²) in [6.07, 6.45) is -6.76. The van der Waals surface area contributed by atoms with Crippen LogP contribution in [0.3, 0.4) is 0 Å². The number of hydrogen-bond donors (Lipinski definition) is 0. The highest BCUT2D eigenvalue weighted by atomic mass is 19.3. The van der Waals surface area contributed by atoms with Crippen LogP contribution in [0.4, 0.5) is 17.6 Å². The van der Waals surface area contributed by atoms with E-state index in [0.717, 1.165) is 0 Å². The molecule has 0 bridgehead atoms. The second-order valence-electron chi connectivity index (χ2n) is 1.60. The van der Waals surface area contributed by atoms with Crippen LogP contribution in [0.15, 0.2) is 0 Å². The van der Waals surface area contributed by atoms with Crippen molar-refractivity contribution in [3.05, 3.63) is 0 Å². The third kappa shape index (κ3) is 3.62. The highest BCUT2D eigenvalue weighted by Gasteiger charge is 2.38. The second kappa shape index (κ2) is 3.16. The van der Waals surface area contributed by atoms with Crippen LogP contribution in [0.1, 0.15) is 6.92 Å². The Balaban J connectivity index is 3.73. The molecule has 6 heteroatoms. The second-order valence-corrected chi connectivity index (χ2v) is 1.60. The first kappa shape index (κ1) is 9.64. The summed E-state index contributed by atoms with van der Waals surface area (Å²) in [6, 6.07) is 0. The average molecular weight is 161 g/mol. The van der Waals surface area contributed by atoms with Gasteiger partial charge >= 0.3 is 12.7 Å². The van der Waals surface area contributed by atoms with Gasteiger partial charge in [0.05, 0.1) is 0 Å². The van der Waals surface area contributed by atoms with E-state index in [1.165, 1.54) is 0 Å². The zero-order valence-electron chi connectivity index (χ0n) is 4.98. The van der Waals surface area contributed by atoms with Gasteiger partial charge in [0.25, 0.3) is 0 Å². The van der Waals surface area contributed by atoms with Crippen molar-refractivity contribution in [2.45, 2.75) is 25.7 Å². The average Bonchev–Trinajstić information content (AvgIpc) is 1.60. The van der Waals surface area contributed by atoms with Gasteiger partial charge in [-0.05, 0) is 6.92 Å². The summed E-state index contributed by atoms with van der Waals surface area (Å²) in [5.41, 5.74) is 0. The first-order chi connectivity index (χ1) is 4.34. The van der Waals surface area contributed by atoms with Gasteiger partial charge < -0.3 is 4.74 Å². The lowest BCUT2D eigenvalue weighted by Crippen LogP contribution is -2.32. The Morgan fingerprint density at radius 2 is 1.80 bits per heavy atom. The van der Waals surface area contributed by atoms with Crippen LogP contribution in [0.5, 0.6) is 0 Å². The van der Waals surface area contributed by atoms with Gasteiger partial charge in [-0.2, -0.15) is 22.7 Å². The van der Waals surface area contributed by atoms with Crippen LogP contribution in [0.25, 0.3) is 0 Å². The van der Waals surface area contributed by atoms with Crippen LogP contribution < -0.4 is 0 Å². The standard InChI is InChI=1S/C4H5F4O2/c1-2(4(7,8)9)10-3(5)6/h2-3H,1H3. The summed E-state index contributed by atoms with van der Waals surface area (Å²) >= 11 is 0. The molecule has 0 heterocycles. The molecule has 0 saturated carbocycles. The van der Waals surface area contributed by atoms with Crippen molar-refractivity contribution in [2.75, 3.05) is 0 Å². The number of hydrogen-bond acceptors (Lipinski definition) is 1. The minimum atomic E-state index is -4.46. The Morgan fingerprint density at radius 1 is 1.40 bits per heavy atom. The lowest BCUT2D eigenvalue weighted by molar-refractivity contribution is -0.326. The van der Waals surface area contributed by atoms with E-state index in [9.17, 15) is 22.7 Å². The lowest BCUT2D eigenvalue weighted by Gasteiger charge is -2.14. The molecule has 2 nitrogen and oxygen atoms in total. The zero-order chi connectivity index (χ0) is 8.36. The van der Waals surface area contributed by atoms with Gasteiger partial charge in [-0.15, -0.1) is 0 Å². The molecule has 0 aromatic carbocycles. The van der Waals surface area contributed by atoms with Crippen molar-refractivity contribution in [1.29, 1.82) is 0 Å². The molecule has 1 atom stereocenters. The Labute approximate surface area is 54.4 Å². The Morgan fingerprint density at radius 3 is 1.90 bits per heavy atom. The van der Waals surface area contributed by atoms with Gasteiger partial charge in [-0.1, -0.05) is 0 Å². The molecule has 0 aromatic rings. The van der Waals surface area contributed by atoms with Crippen molar-refractivity contribution in [3.63, 3.8) is 0 Å². The van der Waals surface area contributed by atoms with Crippen molar-refractivity contribution < 1.29 is 27.4 Å². The van der Waals surface area contributed by atoms with E-state index in [2.05, 4.69) is 4.74 Å². The monoisotopic (exact) mass is 161 g/mol. The molecule has 10 heavy (non-hydrogen) atoms. The quantitative estimate of drug-likeness (QED) is 0.578. The Bertz CT molecular complexity index is 99.9. The molecule has 1 radical (unpaired) electrons. The van der Waals surface area contributed by atoms with Crippen LogP contribution in [-0.4, -0.2) is 18.8 Å². The molecule has 1 unspecified atom stereocenters. The summed E-state index contributed by atoms with van der Waals surface area (Å²) in [5, 5.41) is 9.55. The normalized spacial score (nSPS) is 15.9. The first-order valence-electron chi connectivity index (χ1n) is 2.36. The molecule has 0 N–H and O–H groups in total. The van der Waals surface area contributed by atoms with E-state index in [4.69, 9.17) is 0 Å². The van der Waals surface area contributed by atoms with Gasteiger partial charge in [-0.3, -0.25) is 0 Å². The van der Waals surface area contributed by atoms with Crippen LogP contribution in [0.2, 0.25) is 0 Å². The number of rotatable bonds is 3. The Hall–Kier alpha value is -0.360. The minimum absolute atomic E-state index is 0.582. The molecule has 0 aliphatic carbocycles. The fourth-order valence-electron chi connectivity index (χ4n) is 0.234. The molecule has 0 saturated heterocycles. The maximum atomic E-state index is 11.5. The molecule has 0 aromatic heterocycles. The fraction of sp³-hybridized carbons (Fsp3) is 1.00. The van der Waals surface area contributed by atoms with Gasteiger partial charge in [0, 0.05) is 0 Å². The van der Waals surface area contributed by atoms with E-state index in [1.807, 2.05) is 0 Å². The number of alkyl halides is 4. The molecule has 61 valence electrons. The molecule has 0 fully saturated rings. The van der Waals surface area contributed by atoms with Crippen molar-refractivity contribution in [3.8, 4) is 0 Å². The number of halogens is 4. The van der Waals surface area contributed by atoms with Crippen LogP contribution in [0, 0.1) is 0 Å². The predicted molar refractivity (Wildman–Crippen MR) is 22.2 cm³/mol. The first-order valence-corrected chi connectivity index (χ1v) is 2.36. The largest absolute Gasteiger partial charge is 0.406 e. The van der Waals surface area contributed by atoms with E-state index < -0.39 is 18.8 Å². The molecule has 0 aliphatic rings. The molecular formula is C4H5F4O2. The van der Waals surface area contributed by atoms with Crippen molar-refractivity contribution >= 4 is 0 Å². The third-order valence-corrected chi connectivity index (χ3v) is 0.780. The van der Waals surface area contributed by atoms with Crippen molar-refractivity contribution in [1.82, 2.24) is 0 Å². The third-order valence-electron chi connectivity index (χ3n) is 0.780. The van der Waals surface area contributed by atoms with E-state index >= 15 is 0 Å². The van der Waals surface area contributed by atoms with E-state index in [-0.39, 0.29) is 0 Å². The summed E-state index contributed by atoms with van der Waals surface area (Å²) in [5.74, 6) is 0. The van der Waals surface area contributed by atoms with Gasteiger partial charge in [-0.25, -0.2) is 0 Å². The topological polar surface area (TPSA) is 29.1 Å². The smallest absolute Gasteiger partial charge is 0.311 e. The maximum Gasteiger partial charge on any atom is 0.406 e. The molecular weight excluding hydrogens is 156 g/mol. The van der Waals surface area contributed by atoms with Gasteiger partial charge in [0.15, 0.2) is 6.10 Å². The molecule has 0 aliphatic heterocycles. The highest BCUT2D eigenvalue weighted by Crippen LogP contribution is 2.19. The summed E-state index contributed by atoms with van der Waals surface area (Å²) < 4.78 is 48.4. The highest BCUT2D eigenvalue weighted by molar-refractivity contribution is 4.58. The zero-order valence-corrected chi connectivity index (χ0v) is 4.98. The maximum absolute atomic E-state index is 11.5.